The number of hydrogen-bond donors (Lipinski definition) is 1. The predicted octanol–water partition coefficient (Wildman–Crippen LogP) is -0.499. The summed E-state index contributed by atoms with van der Waals surface area (Å²) in [6, 6.07) is 0. The summed E-state index contributed by atoms with van der Waals surface area (Å²) in [7, 11) is 3.14. The van der Waals surface area contributed by atoms with Crippen LogP contribution in [0.15, 0.2) is 23.8 Å². The van der Waals surface area contributed by atoms with Crippen LogP contribution in [0.4, 0.5) is 0 Å². The zero-order valence-electron chi connectivity index (χ0n) is 7.52. The number of likely N-dealkylation sites (N-methyl/N-ethyl adjacent to an activating group) is 1. The smallest absolute Gasteiger partial charge is 0.252 e. The van der Waals surface area contributed by atoms with Crippen molar-refractivity contribution in [3.63, 3.8) is 0 Å². The number of ketones is 1. The second kappa shape index (κ2) is 3.53. The summed E-state index contributed by atoms with van der Waals surface area (Å²) in [6.07, 6.45) is 2.86. The first-order valence-corrected chi connectivity index (χ1v) is 3.86. The van der Waals surface area contributed by atoms with Crippen LogP contribution in [0.25, 0.3) is 0 Å². The Kier molecular flexibility index (Phi) is 2.63. The molecule has 0 heterocycles. The number of carbonyl (C=O) groups is 2. The maximum Gasteiger partial charge on any atom is 0.252 e. The lowest BCUT2D eigenvalue weighted by atomic mass is 10.00. The third-order valence-corrected chi connectivity index (χ3v) is 1.75. The van der Waals surface area contributed by atoms with Crippen molar-refractivity contribution < 1.29 is 14.7 Å². The fourth-order valence-corrected chi connectivity index (χ4v) is 1.03. The average molecular weight is 181 g/mol. The van der Waals surface area contributed by atoms with Gasteiger partial charge in [-0.1, -0.05) is 12.2 Å². The highest BCUT2D eigenvalue weighted by molar-refractivity contribution is 6.07. The second-order valence-electron chi connectivity index (χ2n) is 2.99. The number of hydrogen-bond acceptors (Lipinski definition) is 3. The van der Waals surface area contributed by atoms with Gasteiger partial charge in [0.25, 0.3) is 5.91 Å². The summed E-state index contributed by atoms with van der Waals surface area (Å²) in [6.45, 7) is 0. The van der Waals surface area contributed by atoms with E-state index in [0.29, 0.717) is 0 Å². The normalized spacial score (nSPS) is 21.3. The van der Waals surface area contributed by atoms with E-state index in [1.165, 1.54) is 23.1 Å². The van der Waals surface area contributed by atoms with E-state index in [1.807, 2.05) is 0 Å². The molecule has 1 aliphatic rings. The molecule has 0 bridgehead atoms. The van der Waals surface area contributed by atoms with Gasteiger partial charge in [-0.2, -0.15) is 0 Å². The summed E-state index contributed by atoms with van der Waals surface area (Å²) in [4.78, 5) is 23.7. The van der Waals surface area contributed by atoms with Crippen LogP contribution in [0, 0.1) is 0 Å². The van der Waals surface area contributed by atoms with Gasteiger partial charge >= 0.3 is 0 Å². The molecule has 4 heteroatoms. The summed E-state index contributed by atoms with van der Waals surface area (Å²) in [5.41, 5.74) is 0.123. The maximum atomic E-state index is 11.4. The Labute approximate surface area is 76.2 Å². The number of aliphatic hydroxyl groups excluding tert-OH is 1. The molecule has 0 saturated heterocycles. The molecule has 0 aromatic heterocycles. The summed E-state index contributed by atoms with van der Waals surface area (Å²) in [5, 5.41) is 9.34. The maximum absolute atomic E-state index is 11.4. The summed E-state index contributed by atoms with van der Waals surface area (Å²) < 4.78 is 0. The molecule has 1 aliphatic carbocycles. The molecule has 0 spiro atoms. The third kappa shape index (κ3) is 1.84. The van der Waals surface area contributed by atoms with E-state index in [-0.39, 0.29) is 11.5 Å². The molecule has 1 amide bonds. The Morgan fingerprint density at radius 3 is 2.69 bits per heavy atom. The fourth-order valence-electron chi connectivity index (χ4n) is 1.03. The number of aliphatic hydroxyl groups is 1. The van der Waals surface area contributed by atoms with Gasteiger partial charge in [-0.3, -0.25) is 9.59 Å². The van der Waals surface area contributed by atoms with Crippen LogP contribution in [0.1, 0.15) is 0 Å². The molecule has 0 fully saturated rings. The second-order valence-corrected chi connectivity index (χ2v) is 2.99. The van der Waals surface area contributed by atoms with Crippen molar-refractivity contribution in [3.05, 3.63) is 23.8 Å². The molecule has 4 nitrogen and oxygen atoms in total. The molecule has 0 aromatic rings. The van der Waals surface area contributed by atoms with Gasteiger partial charge in [-0.05, 0) is 6.08 Å². The highest BCUT2D eigenvalue weighted by atomic mass is 16.3. The van der Waals surface area contributed by atoms with Crippen molar-refractivity contribution in [2.45, 2.75) is 6.10 Å². The molecule has 1 unspecified atom stereocenters. The topological polar surface area (TPSA) is 57.6 Å². The molecule has 0 aliphatic heterocycles. The number of allylic oxidation sites excluding steroid dienone is 2. The molecule has 0 radical (unpaired) electrons. The van der Waals surface area contributed by atoms with Crippen LogP contribution in [0.2, 0.25) is 0 Å². The van der Waals surface area contributed by atoms with E-state index in [2.05, 4.69) is 0 Å². The van der Waals surface area contributed by atoms with E-state index in [0.717, 1.165) is 0 Å². The van der Waals surface area contributed by atoms with Crippen LogP contribution in [0.5, 0.6) is 0 Å². The third-order valence-electron chi connectivity index (χ3n) is 1.75. The van der Waals surface area contributed by atoms with Gasteiger partial charge in [-0.25, -0.2) is 0 Å². The Hall–Kier alpha value is -1.42. The van der Waals surface area contributed by atoms with Crippen LogP contribution < -0.4 is 0 Å². The van der Waals surface area contributed by atoms with Gasteiger partial charge in [0.1, 0.15) is 6.10 Å². The first kappa shape index (κ1) is 9.67. The minimum atomic E-state index is -1.31. The summed E-state index contributed by atoms with van der Waals surface area (Å²) in [5.74, 6) is -0.794. The number of amides is 1. The van der Waals surface area contributed by atoms with Gasteiger partial charge in [-0.15, -0.1) is 0 Å². The van der Waals surface area contributed by atoms with Crippen LogP contribution in [0.3, 0.4) is 0 Å². The summed E-state index contributed by atoms with van der Waals surface area (Å²) >= 11 is 0. The lowest BCUT2D eigenvalue weighted by Gasteiger charge is -2.17. The van der Waals surface area contributed by atoms with E-state index in [4.69, 9.17) is 0 Å². The van der Waals surface area contributed by atoms with Gasteiger partial charge < -0.3 is 10.0 Å². The number of nitrogens with zero attached hydrogens (tertiary/aromatic N) is 1. The fraction of sp³-hybridized carbons (Fsp3) is 0.333. The first-order valence-electron chi connectivity index (χ1n) is 3.86. The van der Waals surface area contributed by atoms with Crippen LogP contribution in [-0.4, -0.2) is 41.9 Å². The van der Waals surface area contributed by atoms with E-state index < -0.39 is 11.9 Å². The van der Waals surface area contributed by atoms with Crippen molar-refractivity contribution in [2.24, 2.45) is 0 Å². The van der Waals surface area contributed by atoms with Gasteiger partial charge in [0.15, 0.2) is 5.78 Å². The zero-order chi connectivity index (χ0) is 10.0. The quantitative estimate of drug-likeness (QED) is 0.593. The highest BCUT2D eigenvalue weighted by Crippen LogP contribution is 2.11. The molecule has 70 valence electrons. The molecule has 0 saturated carbocycles. The van der Waals surface area contributed by atoms with Crippen LogP contribution >= 0.6 is 0 Å². The first-order chi connectivity index (χ1) is 6.04. The van der Waals surface area contributed by atoms with Crippen molar-refractivity contribution in [1.82, 2.24) is 4.90 Å². The molecule has 1 atom stereocenters. The SMILES string of the molecule is CN(C)C(=O)C1=CC=CC(=O)C1O. The standard InChI is InChI=1S/C9H11NO3/c1-10(2)9(13)6-4-3-5-7(11)8(6)12/h3-5,8,12H,1-2H3. The van der Waals surface area contributed by atoms with Gasteiger partial charge in [0, 0.05) is 14.1 Å². The molecular weight excluding hydrogens is 170 g/mol. The number of rotatable bonds is 1. The lowest BCUT2D eigenvalue weighted by Crippen LogP contribution is -2.34. The van der Waals surface area contributed by atoms with Crippen molar-refractivity contribution in [2.75, 3.05) is 14.1 Å². The lowest BCUT2D eigenvalue weighted by molar-refractivity contribution is -0.129. The Morgan fingerprint density at radius 2 is 2.15 bits per heavy atom. The average Bonchev–Trinajstić information content (AvgIpc) is 2.08. The molecular formula is C9H11NO3. The van der Waals surface area contributed by atoms with E-state index >= 15 is 0 Å². The predicted molar refractivity (Wildman–Crippen MR) is 46.9 cm³/mol. The molecule has 13 heavy (non-hydrogen) atoms. The Morgan fingerprint density at radius 1 is 1.54 bits per heavy atom. The molecule has 1 N–H and O–H groups in total. The largest absolute Gasteiger partial charge is 0.380 e. The van der Waals surface area contributed by atoms with E-state index in [1.54, 1.807) is 14.1 Å². The monoisotopic (exact) mass is 181 g/mol. The highest BCUT2D eigenvalue weighted by Gasteiger charge is 2.26. The van der Waals surface area contributed by atoms with Gasteiger partial charge in [0.05, 0.1) is 5.57 Å². The van der Waals surface area contributed by atoms with Crippen molar-refractivity contribution in [3.8, 4) is 0 Å². The Bertz CT molecular complexity index is 302. The molecule has 1 rings (SSSR count). The van der Waals surface area contributed by atoms with Crippen molar-refractivity contribution >= 4 is 11.7 Å². The minimum absolute atomic E-state index is 0.123. The van der Waals surface area contributed by atoms with Gasteiger partial charge in [0.2, 0.25) is 0 Å². The Balaban J connectivity index is 2.92. The van der Waals surface area contributed by atoms with Crippen molar-refractivity contribution in [1.29, 1.82) is 0 Å². The number of carbonyl (C=O) groups excluding carboxylic acids is 2. The zero-order valence-corrected chi connectivity index (χ0v) is 7.52. The molecule has 0 aromatic carbocycles. The van der Waals surface area contributed by atoms with Crippen LogP contribution in [-0.2, 0) is 9.59 Å². The van der Waals surface area contributed by atoms with E-state index in [9.17, 15) is 14.7 Å². The minimum Gasteiger partial charge on any atom is -0.380 e.